The van der Waals surface area contributed by atoms with E-state index in [1.54, 1.807) is 12.4 Å². The summed E-state index contributed by atoms with van der Waals surface area (Å²) in [7, 11) is 0. The third-order valence-corrected chi connectivity index (χ3v) is 4.75. The van der Waals surface area contributed by atoms with E-state index in [9.17, 15) is 4.79 Å². The second kappa shape index (κ2) is 6.99. The molecular formula is C18H20N6O2. The van der Waals surface area contributed by atoms with Crippen molar-refractivity contribution in [1.29, 1.82) is 0 Å². The Labute approximate surface area is 150 Å². The molecule has 0 aromatic carbocycles. The van der Waals surface area contributed by atoms with Gasteiger partial charge in [-0.05, 0) is 49.9 Å². The number of imidazole rings is 1. The van der Waals surface area contributed by atoms with E-state index < -0.39 is 6.09 Å². The van der Waals surface area contributed by atoms with Crippen molar-refractivity contribution in [2.75, 3.05) is 5.32 Å². The number of carbonyl (C=O) groups is 1. The normalized spacial score (nSPS) is 20.0. The molecule has 1 amide bonds. The Bertz CT molecular complexity index is 902. The zero-order valence-corrected chi connectivity index (χ0v) is 14.2. The van der Waals surface area contributed by atoms with Crippen molar-refractivity contribution in [3.8, 4) is 11.3 Å². The highest BCUT2D eigenvalue weighted by Gasteiger charge is 2.22. The number of amides is 1. The fourth-order valence-electron chi connectivity index (χ4n) is 3.44. The number of nitrogens with one attached hydrogen (secondary N) is 2. The molecule has 1 fully saturated rings. The first-order valence-electron chi connectivity index (χ1n) is 8.70. The van der Waals surface area contributed by atoms with Crippen LogP contribution in [0.1, 0.15) is 25.7 Å². The molecule has 3 aromatic heterocycles. The van der Waals surface area contributed by atoms with E-state index in [1.807, 2.05) is 35.0 Å². The molecule has 0 spiro atoms. The van der Waals surface area contributed by atoms with Crippen LogP contribution in [0.2, 0.25) is 0 Å². The van der Waals surface area contributed by atoms with E-state index in [0.717, 1.165) is 48.4 Å². The standard InChI is InChI=1S/C18H20N6O2/c25-18(26)22-14-3-1-13(2-4-14)21-16-5-6-17-20-11-15(24(17)23-16)12-7-9-19-10-8-12/h5-11,13-14,22H,1-4H2,(H,21,23)(H,25,26). The Morgan fingerprint density at radius 1 is 1.08 bits per heavy atom. The molecule has 1 aliphatic rings. The molecule has 8 heteroatoms. The summed E-state index contributed by atoms with van der Waals surface area (Å²) in [5.41, 5.74) is 2.72. The van der Waals surface area contributed by atoms with Gasteiger partial charge in [0.15, 0.2) is 5.65 Å². The molecule has 3 heterocycles. The Morgan fingerprint density at radius 3 is 2.54 bits per heavy atom. The molecule has 1 aliphatic carbocycles. The maximum atomic E-state index is 10.7. The molecule has 3 aromatic rings. The SMILES string of the molecule is O=C(O)NC1CCC(Nc2ccc3ncc(-c4ccncc4)n3n2)CC1. The number of hydrogen-bond donors (Lipinski definition) is 3. The fraction of sp³-hybridized carbons (Fsp3) is 0.333. The Morgan fingerprint density at radius 2 is 1.81 bits per heavy atom. The van der Waals surface area contributed by atoms with Crippen molar-refractivity contribution in [2.45, 2.75) is 37.8 Å². The van der Waals surface area contributed by atoms with E-state index in [0.29, 0.717) is 6.04 Å². The van der Waals surface area contributed by atoms with Gasteiger partial charge >= 0.3 is 6.09 Å². The smallest absolute Gasteiger partial charge is 0.404 e. The molecule has 26 heavy (non-hydrogen) atoms. The number of rotatable bonds is 4. The van der Waals surface area contributed by atoms with E-state index in [1.165, 1.54) is 0 Å². The van der Waals surface area contributed by atoms with E-state index >= 15 is 0 Å². The maximum absolute atomic E-state index is 10.7. The fourth-order valence-corrected chi connectivity index (χ4v) is 3.44. The van der Waals surface area contributed by atoms with Crippen LogP contribution in [0.15, 0.2) is 42.9 Å². The second-order valence-corrected chi connectivity index (χ2v) is 6.51. The number of pyridine rings is 1. The van der Waals surface area contributed by atoms with Crippen LogP contribution in [0.25, 0.3) is 16.9 Å². The van der Waals surface area contributed by atoms with Crippen LogP contribution in [-0.2, 0) is 0 Å². The number of fused-ring (bicyclic) bond motifs is 1. The van der Waals surface area contributed by atoms with Crippen LogP contribution < -0.4 is 10.6 Å². The lowest BCUT2D eigenvalue weighted by atomic mass is 9.91. The predicted molar refractivity (Wildman–Crippen MR) is 97.0 cm³/mol. The molecular weight excluding hydrogens is 332 g/mol. The molecule has 0 bridgehead atoms. The minimum absolute atomic E-state index is 0.0490. The first kappa shape index (κ1) is 16.3. The highest BCUT2D eigenvalue weighted by atomic mass is 16.4. The van der Waals surface area contributed by atoms with Crippen LogP contribution in [0, 0.1) is 0 Å². The zero-order valence-electron chi connectivity index (χ0n) is 14.2. The molecule has 0 atom stereocenters. The third kappa shape index (κ3) is 3.44. The van der Waals surface area contributed by atoms with Gasteiger partial charge in [0.2, 0.25) is 0 Å². The summed E-state index contributed by atoms with van der Waals surface area (Å²) in [5, 5.41) is 19.5. The topological polar surface area (TPSA) is 104 Å². The number of carboxylic acid groups (broad SMARTS) is 1. The first-order chi connectivity index (χ1) is 12.7. The van der Waals surface area contributed by atoms with Gasteiger partial charge in [-0.2, -0.15) is 0 Å². The summed E-state index contributed by atoms with van der Waals surface area (Å²) in [6.07, 6.45) is 7.85. The molecule has 134 valence electrons. The molecule has 1 saturated carbocycles. The van der Waals surface area contributed by atoms with E-state index in [-0.39, 0.29) is 6.04 Å². The molecule has 0 aliphatic heterocycles. The van der Waals surface area contributed by atoms with Crippen LogP contribution in [0.3, 0.4) is 0 Å². The van der Waals surface area contributed by atoms with Crippen molar-refractivity contribution in [3.05, 3.63) is 42.9 Å². The van der Waals surface area contributed by atoms with Gasteiger partial charge in [-0.3, -0.25) is 4.98 Å². The van der Waals surface area contributed by atoms with Gasteiger partial charge in [0, 0.05) is 30.0 Å². The Hall–Kier alpha value is -3.16. The summed E-state index contributed by atoms with van der Waals surface area (Å²) in [5.74, 6) is 0.792. The van der Waals surface area contributed by atoms with Crippen LogP contribution >= 0.6 is 0 Å². The molecule has 3 N–H and O–H groups in total. The van der Waals surface area contributed by atoms with Crippen molar-refractivity contribution < 1.29 is 9.90 Å². The third-order valence-electron chi connectivity index (χ3n) is 4.75. The largest absolute Gasteiger partial charge is 0.465 e. The van der Waals surface area contributed by atoms with E-state index in [2.05, 4.69) is 25.7 Å². The van der Waals surface area contributed by atoms with Crippen molar-refractivity contribution in [2.24, 2.45) is 0 Å². The minimum atomic E-state index is -0.947. The first-order valence-corrected chi connectivity index (χ1v) is 8.70. The van der Waals surface area contributed by atoms with Crippen LogP contribution in [0.4, 0.5) is 10.6 Å². The van der Waals surface area contributed by atoms with Gasteiger partial charge in [-0.15, -0.1) is 5.10 Å². The summed E-state index contributed by atoms with van der Waals surface area (Å²) >= 11 is 0. The quantitative estimate of drug-likeness (QED) is 0.667. The van der Waals surface area contributed by atoms with Crippen molar-refractivity contribution >= 4 is 17.6 Å². The zero-order chi connectivity index (χ0) is 17.9. The van der Waals surface area contributed by atoms with Crippen molar-refractivity contribution in [1.82, 2.24) is 24.9 Å². The van der Waals surface area contributed by atoms with Gasteiger partial charge in [-0.1, -0.05) is 0 Å². The molecule has 4 rings (SSSR count). The molecule has 8 nitrogen and oxygen atoms in total. The van der Waals surface area contributed by atoms with Gasteiger partial charge < -0.3 is 15.7 Å². The number of aromatic nitrogens is 4. The maximum Gasteiger partial charge on any atom is 0.404 e. The number of anilines is 1. The monoisotopic (exact) mass is 352 g/mol. The second-order valence-electron chi connectivity index (χ2n) is 6.51. The summed E-state index contributed by atoms with van der Waals surface area (Å²) in [6.45, 7) is 0. The van der Waals surface area contributed by atoms with E-state index in [4.69, 9.17) is 5.11 Å². The molecule has 0 radical (unpaired) electrons. The summed E-state index contributed by atoms with van der Waals surface area (Å²) < 4.78 is 1.83. The highest BCUT2D eigenvalue weighted by molar-refractivity contribution is 5.65. The number of hydrogen-bond acceptors (Lipinski definition) is 5. The summed E-state index contributed by atoms with van der Waals surface area (Å²) in [4.78, 5) is 19.2. The Kier molecular flexibility index (Phi) is 4.39. The molecule has 0 saturated heterocycles. The predicted octanol–water partition coefficient (Wildman–Crippen LogP) is 2.78. The van der Waals surface area contributed by atoms with Gasteiger partial charge in [0.25, 0.3) is 0 Å². The average Bonchev–Trinajstić information content (AvgIpc) is 3.07. The molecule has 0 unspecified atom stereocenters. The van der Waals surface area contributed by atoms with Gasteiger partial charge in [0.1, 0.15) is 5.82 Å². The lowest BCUT2D eigenvalue weighted by Crippen LogP contribution is -2.39. The van der Waals surface area contributed by atoms with Crippen molar-refractivity contribution in [3.63, 3.8) is 0 Å². The lowest BCUT2D eigenvalue weighted by molar-refractivity contribution is 0.185. The lowest BCUT2D eigenvalue weighted by Gasteiger charge is -2.29. The number of nitrogens with zero attached hydrogens (tertiary/aromatic N) is 4. The van der Waals surface area contributed by atoms with Crippen LogP contribution in [0.5, 0.6) is 0 Å². The minimum Gasteiger partial charge on any atom is -0.465 e. The highest BCUT2D eigenvalue weighted by Crippen LogP contribution is 2.23. The summed E-state index contributed by atoms with van der Waals surface area (Å²) in [6, 6.07) is 8.08. The van der Waals surface area contributed by atoms with Gasteiger partial charge in [-0.25, -0.2) is 14.3 Å². The Balaban J connectivity index is 1.49. The van der Waals surface area contributed by atoms with Gasteiger partial charge in [0.05, 0.1) is 11.9 Å². The van der Waals surface area contributed by atoms with Crippen LogP contribution in [-0.4, -0.2) is 42.9 Å². The average molecular weight is 352 g/mol.